The molecule has 0 spiro atoms. The van der Waals surface area contributed by atoms with Gasteiger partial charge in [0.1, 0.15) is 5.60 Å². The van der Waals surface area contributed by atoms with Gasteiger partial charge in [-0.3, -0.25) is 9.80 Å². The summed E-state index contributed by atoms with van der Waals surface area (Å²) in [6.07, 6.45) is 11.2. The molecule has 2 heterocycles. The predicted octanol–water partition coefficient (Wildman–Crippen LogP) is 4.16. The van der Waals surface area contributed by atoms with Crippen molar-refractivity contribution in [1.29, 1.82) is 0 Å². The maximum absolute atomic E-state index is 12.5. The molecule has 3 atom stereocenters. The van der Waals surface area contributed by atoms with Crippen LogP contribution in [0.25, 0.3) is 0 Å². The zero-order valence-electron chi connectivity index (χ0n) is 16.5. The molecule has 2 saturated heterocycles. The zero-order chi connectivity index (χ0) is 18.0. The summed E-state index contributed by atoms with van der Waals surface area (Å²) in [5.74, 6) is 0. The molecule has 3 aliphatic rings. The van der Waals surface area contributed by atoms with Gasteiger partial charge in [-0.1, -0.05) is 43.2 Å². The van der Waals surface area contributed by atoms with E-state index in [1.807, 2.05) is 0 Å². The van der Waals surface area contributed by atoms with Crippen molar-refractivity contribution in [3.63, 3.8) is 0 Å². The van der Waals surface area contributed by atoms with Crippen molar-refractivity contribution >= 4 is 0 Å². The van der Waals surface area contributed by atoms with Crippen molar-refractivity contribution in [3.8, 4) is 0 Å². The fourth-order valence-corrected chi connectivity index (χ4v) is 6.06. The minimum absolute atomic E-state index is 0.171. The van der Waals surface area contributed by atoms with E-state index >= 15 is 0 Å². The van der Waals surface area contributed by atoms with Gasteiger partial charge >= 0.3 is 0 Å². The fraction of sp³-hybridized carbons (Fsp3) is 0.739. The molecular formula is C23H36N2O. The maximum atomic E-state index is 12.5. The Balaban J connectivity index is 1.76. The van der Waals surface area contributed by atoms with Crippen molar-refractivity contribution in [3.05, 3.63) is 35.9 Å². The van der Waals surface area contributed by atoms with Gasteiger partial charge in [-0.05, 0) is 83.6 Å². The number of likely N-dealkylation sites (tertiary alicyclic amines) is 2. The molecule has 1 aromatic rings. The number of piperidine rings is 2. The molecule has 1 N–H and O–H groups in total. The van der Waals surface area contributed by atoms with Crippen molar-refractivity contribution in [2.45, 2.75) is 81.9 Å². The van der Waals surface area contributed by atoms with Gasteiger partial charge in [-0.15, -0.1) is 0 Å². The third-order valence-electron chi connectivity index (χ3n) is 7.54. The summed E-state index contributed by atoms with van der Waals surface area (Å²) in [5.41, 5.74) is 0.166. The van der Waals surface area contributed by atoms with E-state index in [2.05, 4.69) is 47.1 Å². The molecule has 0 aromatic heterocycles. The Kier molecular flexibility index (Phi) is 5.41. The molecule has 0 bridgehead atoms. The first-order valence-electron chi connectivity index (χ1n) is 10.9. The van der Waals surface area contributed by atoms with Crippen LogP contribution in [0.1, 0.15) is 70.3 Å². The average molecular weight is 357 g/mol. The van der Waals surface area contributed by atoms with Crippen LogP contribution in [-0.2, 0) is 5.60 Å². The predicted molar refractivity (Wildman–Crippen MR) is 107 cm³/mol. The summed E-state index contributed by atoms with van der Waals surface area (Å²) in [5, 5.41) is 12.5. The van der Waals surface area contributed by atoms with E-state index in [9.17, 15) is 5.11 Å². The van der Waals surface area contributed by atoms with Gasteiger partial charge in [0.25, 0.3) is 0 Å². The lowest BCUT2D eigenvalue weighted by molar-refractivity contribution is -0.185. The van der Waals surface area contributed by atoms with E-state index in [1.165, 1.54) is 44.9 Å². The highest BCUT2D eigenvalue weighted by Gasteiger charge is 2.59. The standard InChI is InChI=1S/C23H36N2O/c1-22(25-18-9-4-10-19-25)15-11-14-21(24-16-7-3-8-17-24)23(22,26)20-12-5-2-6-13-20/h2,5-6,12-13,21,26H,3-4,7-11,14-19H2,1H3. The Hall–Kier alpha value is -0.900. The zero-order valence-corrected chi connectivity index (χ0v) is 16.5. The van der Waals surface area contributed by atoms with Crippen LogP contribution in [0, 0.1) is 0 Å². The molecule has 0 amide bonds. The molecule has 1 aromatic carbocycles. The fourth-order valence-electron chi connectivity index (χ4n) is 6.06. The Bertz CT molecular complexity index is 579. The summed E-state index contributed by atoms with van der Waals surface area (Å²) in [6, 6.07) is 10.9. The summed E-state index contributed by atoms with van der Waals surface area (Å²) < 4.78 is 0. The lowest BCUT2D eigenvalue weighted by atomic mass is 9.62. The van der Waals surface area contributed by atoms with Crippen LogP contribution in [0.4, 0.5) is 0 Å². The van der Waals surface area contributed by atoms with Gasteiger partial charge in [0.15, 0.2) is 0 Å². The lowest BCUT2D eigenvalue weighted by Gasteiger charge is -2.61. The Morgan fingerprint density at radius 1 is 0.846 bits per heavy atom. The van der Waals surface area contributed by atoms with Gasteiger partial charge in [-0.2, -0.15) is 0 Å². The topological polar surface area (TPSA) is 26.7 Å². The van der Waals surface area contributed by atoms with Crippen molar-refractivity contribution < 1.29 is 5.11 Å². The Labute approximate surface area is 159 Å². The molecule has 144 valence electrons. The van der Waals surface area contributed by atoms with Gasteiger partial charge in [0, 0.05) is 6.04 Å². The van der Waals surface area contributed by atoms with E-state index in [0.717, 1.165) is 44.6 Å². The van der Waals surface area contributed by atoms with Crippen LogP contribution >= 0.6 is 0 Å². The van der Waals surface area contributed by atoms with Crippen molar-refractivity contribution in [2.24, 2.45) is 0 Å². The minimum atomic E-state index is -0.790. The summed E-state index contributed by atoms with van der Waals surface area (Å²) >= 11 is 0. The van der Waals surface area contributed by atoms with Gasteiger partial charge in [-0.25, -0.2) is 0 Å². The molecule has 1 aliphatic carbocycles. The second kappa shape index (κ2) is 7.61. The molecule has 2 aliphatic heterocycles. The largest absolute Gasteiger partial charge is 0.382 e. The lowest BCUT2D eigenvalue weighted by Crippen LogP contribution is -2.71. The highest BCUT2D eigenvalue weighted by molar-refractivity contribution is 5.31. The van der Waals surface area contributed by atoms with Gasteiger partial charge < -0.3 is 5.11 Å². The van der Waals surface area contributed by atoms with E-state index in [-0.39, 0.29) is 11.6 Å². The van der Waals surface area contributed by atoms with E-state index in [1.54, 1.807) is 0 Å². The first kappa shape index (κ1) is 18.5. The number of aliphatic hydroxyl groups is 1. The summed E-state index contributed by atoms with van der Waals surface area (Å²) in [4.78, 5) is 5.26. The molecule has 1 saturated carbocycles. The molecule has 3 nitrogen and oxygen atoms in total. The highest BCUT2D eigenvalue weighted by atomic mass is 16.3. The maximum Gasteiger partial charge on any atom is 0.123 e. The van der Waals surface area contributed by atoms with Crippen molar-refractivity contribution in [2.75, 3.05) is 26.2 Å². The molecule has 3 unspecified atom stereocenters. The quantitative estimate of drug-likeness (QED) is 0.881. The second-order valence-corrected chi connectivity index (χ2v) is 8.96. The Morgan fingerprint density at radius 2 is 1.46 bits per heavy atom. The minimum Gasteiger partial charge on any atom is -0.382 e. The van der Waals surface area contributed by atoms with Crippen LogP contribution in [0.15, 0.2) is 30.3 Å². The van der Waals surface area contributed by atoms with E-state index in [4.69, 9.17) is 0 Å². The van der Waals surface area contributed by atoms with E-state index in [0.29, 0.717) is 0 Å². The monoisotopic (exact) mass is 356 g/mol. The van der Waals surface area contributed by atoms with Crippen LogP contribution in [0.5, 0.6) is 0 Å². The number of nitrogens with zero attached hydrogens (tertiary/aromatic N) is 2. The van der Waals surface area contributed by atoms with Crippen LogP contribution in [-0.4, -0.2) is 52.7 Å². The SMILES string of the molecule is CC1(N2CCCCC2)CCCC(N2CCCCC2)C1(O)c1ccccc1. The van der Waals surface area contributed by atoms with E-state index < -0.39 is 5.60 Å². The number of hydrogen-bond donors (Lipinski definition) is 1. The molecule has 3 fully saturated rings. The summed E-state index contributed by atoms with van der Waals surface area (Å²) in [6.45, 7) is 6.93. The second-order valence-electron chi connectivity index (χ2n) is 8.96. The molecular weight excluding hydrogens is 320 g/mol. The third kappa shape index (κ3) is 3.02. The van der Waals surface area contributed by atoms with Crippen LogP contribution in [0.3, 0.4) is 0 Å². The number of hydrogen-bond acceptors (Lipinski definition) is 3. The molecule has 3 heteroatoms. The van der Waals surface area contributed by atoms with Gasteiger partial charge in [0.2, 0.25) is 0 Å². The molecule has 4 rings (SSSR count). The number of rotatable bonds is 3. The highest BCUT2D eigenvalue weighted by Crippen LogP contribution is 2.50. The van der Waals surface area contributed by atoms with Gasteiger partial charge in [0.05, 0.1) is 5.54 Å². The molecule has 0 radical (unpaired) electrons. The normalized spacial score (nSPS) is 37.5. The smallest absolute Gasteiger partial charge is 0.123 e. The first-order chi connectivity index (χ1) is 12.7. The van der Waals surface area contributed by atoms with Crippen LogP contribution < -0.4 is 0 Å². The third-order valence-corrected chi connectivity index (χ3v) is 7.54. The first-order valence-corrected chi connectivity index (χ1v) is 10.9. The Morgan fingerprint density at radius 3 is 2.12 bits per heavy atom. The average Bonchev–Trinajstić information content (AvgIpc) is 2.72. The van der Waals surface area contributed by atoms with Crippen LogP contribution in [0.2, 0.25) is 0 Å². The number of benzene rings is 1. The van der Waals surface area contributed by atoms with Crippen molar-refractivity contribution in [1.82, 2.24) is 9.80 Å². The molecule has 26 heavy (non-hydrogen) atoms. The summed E-state index contributed by atoms with van der Waals surface area (Å²) in [7, 11) is 0.